The summed E-state index contributed by atoms with van der Waals surface area (Å²) in [7, 11) is 1.37. The van der Waals surface area contributed by atoms with Gasteiger partial charge in [0.1, 0.15) is 10.8 Å². The van der Waals surface area contributed by atoms with E-state index < -0.39 is 5.97 Å². The lowest BCUT2D eigenvalue weighted by Gasteiger charge is -2.12. The fourth-order valence-corrected chi connectivity index (χ4v) is 6.13. The minimum atomic E-state index is -0.407. The first-order chi connectivity index (χ1) is 17.1. The number of thiophene rings is 1. The van der Waals surface area contributed by atoms with Crippen LogP contribution in [-0.4, -0.2) is 46.1 Å². The Kier molecular flexibility index (Phi) is 8.25. The van der Waals surface area contributed by atoms with E-state index >= 15 is 0 Å². The highest BCUT2D eigenvalue weighted by atomic mass is 32.2. The number of amides is 1. The maximum atomic E-state index is 12.9. The number of para-hydroxylation sites is 1. The molecule has 10 heteroatoms. The predicted molar refractivity (Wildman–Crippen MR) is 138 cm³/mol. The maximum Gasteiger partial charge on any atom is 0.341 e. The summed E-state index contributed by atoms with van der Waals surface area (Å²) in [5.74, 6) is 0.861. The molecular formula is C25H28N4O4S2. The number of hydrogen-bond donors (Lipinski definition) is 1. The zero-order valence-electron chi connectivity index (χ0n) is 19.8. The zero-order chi connectivity index (χ0) is 24.8. The smallest absolute Gasteiger partial charge is 0.341 e. The molecular weight excluding hydrogens is 484 g/mol. The number of benzene rings is 1. The van der Waals surface area contributed by atoms with Gasteiger partial charge in [-0.1, -0.05) is 30.0 Å². The van der Waals surface area contributed by atoms with Crippen molar-refractivity contribution in [2.45, 2.75) is 44.3 Å². The number of fused-ring (bicyclic) bond motifs is 1. The van der Waals surface area contributed by atoms with Crippen molar-refractivity contribution in [1.82, 2.24) is 14.8 Å². The molecule has 0 fully saturated rings. The van der Waals surface area contributed by atoms with E-state index in [2.05, 4.69) is 22.1 Å². The van der Waals surface area contributed by atoms with Crippen molar-refractivity contribution in [3.63, 3.8) is 0 Å². The second kappa shape index (κ2) is 11.5. The third-order valence-corrected chi connectivity index (χ3v) is 7.78. The van der Waals surface area contributed by atoms with Crippen LogP contribution in [0.4, 0.5) is 5.00 Å². The van der Waals surface area contributed by atoms with E-state index in [-0.39, 0.29) is 11.7 Å². The summed E-state index contributed by atoms with van der Waals surface area (Å²) >= 11 is 2.75. The molecule has 8 nitrogen and oxygen atoms in total. The Bertz CT molecular complexity index is 1230. The van der Waals surface area contributed by atoms with Crippen LogP contribution in [0.25, 0.3) is 11.4 Å². The minimum Gasteiger partial charge on any atom is -0.493 e. The topological polar surface area (TPSA) is 95.3 Å². The van der Waals surface area contributed by atoms with Gasteiger partial charge < -0.3 is 14.8 Å². The van der Waals surface area contributed by atoms with Crippen LogP contribution in [0, 0.1) is 0 Å². The second-order valence-corrected chi connectivity index (χ2v) is 9.93. The average molecular weight is 513 g/mol. The lowest BCUT2D eigenvalue weighted by molar-refractivity contribution is -0.113. The number of esters is 1. The number of methoxy groups -OCH3 is 1. The summed E-state index contributed by atoms with van der Waals surface area (Å²) < 4.78 is 12.7. The SMILES string of the molecule is C=CCn1c(SCC(=O)Nc2sc3c(c2C(=O)OC)CCCC3)nnc1-c1ccccc1OCC. The second-order valence-electron chi connectivity index (χ2n) is 7.88. The molecule has 1 aliphatic carbocycles. The van der Waals surface area contributed by atoms with Crippen molar-refractivity contribution >= 4 is 40.0 Å². The number of aromatic nitrogens is 3. The quantitative estimate of drug-likeness (QED) is 0.232. The lowest BCUT2D eigenvalue weighted by atomic mass is 9.95. The van der Waals surface area contributed by atoms with Gasteiger partial charge in [0.05, 0.1) is 30.6 Å². The number of rotatable bonds is 10. The molecule has 4 rings (SSSR count). The first-order valence-corrected chi connectivity index (χ1v) is 13.3. The largest absolute Gasteiger partial charge is 0.493 e. The van der Waals surface area contributed by atoms with Gasteiger partial charge in [0.25, 0.3) is 0 Å². The minimum absolute atomic E-state index is 0.117. The Labute approximate surface area is 212 Å². The van der Waals surface area contributed by atoms with Gasteiger partial charge in [-0.3, -0.25) is 9.36 Å². The molecule has 1 aliphatic rings. The molecule has 2 aromatic heterocycles. The van der Waals surface area contributed by atoms with Crippen molar-refractivity contribution < 1.29 is 19.1 Å². The van der Waals surface area contributed by atoms with Crippen molar-refractivity contribution in [1.29, 1.82) is 0 Å². The standard InChI is InChI=1S/C25H28N4O4S2/c1-4-14-29-22(16-10-6-8-12-18(16)33-5-2)27-28-25(29)34-15-20(30)26-23-21(24(31)32-3)17-11-7-9-13-19(17)35-23/h4,6,8,10,12H,1,5,7,9,11,13-15H2,2-3H3,(H,26,30). The van der Waals surface area contributed by atoms with E-state index in [0.717, 1.165) is 47.4 Å². The fraction of sp³-hybridized carbons (Fsp3) is 0.360. The first-order valence-electron chi connectivity index (χ1n) is 11.5. The Hall–Kier alpha value is -3.11. The molecule has 0 radical (unpaired) electrons. The summed E-state index contributed by atoms with van der Waals surface area (Å²) in [5, 5.41) is 12.8. The normalized spacial score (nSPS) is 12.6. The van der Waals surface area contributed by atoms with E-state index in [1.807, 2.05) is 35.8 Å². The monoisotopic (exact) mass is 512 g/mol. The van der Waals surface area contributed by atoms with Crippen LogP contribution >= 0.6 is 23.1 Å². The molecule has 1 aromatic carbocycles. The molecule has 0 atom stereocenters. The van der Waals surface area contributed by atoms with Crippen LogP contribution in [0.5, 0.6) is 5.75 Å². The molecule has 184 valence electrons. The predicted octanol–water partition coefficient (Wildman–Crippen LogP) is 4.99. The van der Waals surface area contributed by atoms with E-state index in [4.69, 9.17) is 9.47 Å². The van der Waals surface area contributed by atoms with Crippen LogP contribution < -0.4 is 10.1 Å². The van der Waals surface area contributed by atoms with Crippen LogP contribution in [0.15, 0.2) is 42.1 Å². The molecule has 3 aromatic rings. The van der Waals surface area contributed by atoms with Gasteiger partial charge in [-0.05, 0) is 50.3 Å². The number of thioether (sulfide) groups is 1. The third-order valence-electron chi connectivity index (χ3n) is 5.60. The molecule has 0 bridgehead atoms. The maximum absolute atomic E-state index is 12.9. The van der Waals surface area contributed by atoms with E-state index in [1.54, 1.807) is 6.08 Å². The highest BCUT2D eigenvalue weighted by Gasteiger charge is 2.27. The summed E-state index contributed by atoms with van der Waals surface area (Å²) in [6.07, 6.45) is 5.64. The summed E-state index contributed by atoms with van der Waals surface area (Å²) in [6.45, 7) is 6.80. The third kappa shape index (κ3) is 5.43. The van der Waals surface area contributed by atoms with E-state index in [0.29, 0.717) is 34.7 Å². The van der Waals surface area contributed by atoms with Gasteiger partial charge in [-0.15, -0.1) is 28.1 Å². The molecule has 1 amide bonds. The zero-order valence-corrected chi connectivity index (χ0v) is 21.5. The van der Waals surface area contributed by atoms with Crippen LogP contribution in [0.1, 0.15) is 40.6 Å². The Balaban J connectivity index is 1.52. The van der Waals surface area contributed by atoms with Gasteiger partial charge in [0, 0.05) is 11.4 Å². The van der Waals surface area contributed by atoms with Crippen LogP contribution in [0.2, 0.25) is 0 Å². The van der Waals surface area contributed by atoms with Gasteiger partial charge >= 0.3 is 5.97 Å². The first kappa shape index (κ1) is 25.0. The average Bonchev–Trinajstić information content (AvgIpc) is 3.43. The number of allylic oxidation sites excluding steroid dienone is 1. The number of hydrogen-bond acceptors (Lipinski definition) is 8. The number of carbonyl (C=O) groups excluding carboxylic acids is 2. The number of ether oxygens (including phenoxy) is 2. The molecule has 0 aliphatic heterocycles. The molecule has 2 heterocycles. The highest BCUT2D eigenvalue weighted by molar-refractivity contribution is 7.99. The molecule has 1 N–H and O–H groups in total. The van der Waals surface area contributed by atoms with Gasteiger partial charge in [0.15, 0.2) is 11.0 Å². The van der Waals surface area contributed by atoms with E-state index in [1.165, 1.54) is 30.2 Å². The van der Waals surface area contributed by atoms with Crippen molar-refractivity contribution in [3.05, 3.63) is 52.9 Å². The number of aryl methyl sites for hydroxylation is 1. The molecule has 0 saturated carbocycles. The lowest BCUT2D eigenvalue weighted by Crippen LogP contribution is -2.17. The number of anilines is 1. The van der Waals surface area contributed by atoms with Crippen LogP contribution in [0.3, 0.4) is 0 Å². The van der Waals surface area contributed by atoms with Crippen molar-refractivity contribution in [3.8, 4) is 17.1 Å². The number of nitrogens with zero attached hydrogens (tertiary/aromatic N) is 3. The molecule has 0 spiro atoms. The van der Waals surface area contributed by atoms with Crippen molar-refractivity contribution in [2.75, 3.05) is 24.8 Å². The van der Waals surface area contributed by atoms with Crippen molar-refractivity contribution in [2.24, 2.45) is 0 Å². The molecule has 35 heavy (non-hydrogen) atoms. The highest BCUT2D eigenvalue weighted by Crippen LogP contribution is 2.39. The van der Waals surface area contributed by atoms with Gasteiger partial charge in [-0.2, -0.15) is 0 Å². The van der Waals surface area contributed by atoms with E-state index in [9.17, 15) is 9.59 Å². The van der Waals surface area contributed by atoms with Gasteiger partial charge in [-0.25, -0.2) is 4.79 Å². The Morgan fingerprint density at radius 2 is 2.06 bits per heavy atom. The summed E-state index contributed by atoms with van der Waals surface area (Å²) in [4.78, 5) is 26.5. The Morgan fingerprint density at radius 3 is 2.83 bits per heavy atom. The van der Waals surface area contributed by atoms with Gasteiger partial charge in [0.2, 0.25) is 5.91 Å². The summed E-state index contributed by atoms with van der Waals surface area (Å²) in [5.41, 5.74) is 2.33. The number of nitrogens with one attached hydrogen (secondary N) is 1. The van der Waals surface area contributed by atoms with Crippen LogP contribution in [-0.2, 0) is 28.9 Å². The summed E-state index contributed by atoms with van der Waals surface area (Å²) in [6, 6.07) is 7.66. The fourth-order valence-electron chi connectivity index (χ4n) is 4.09. The molecule has 0 saturated heterocycles. The Morgan fingerprint density at radius 1 is 1.26 bits per heavy atom. The number of carbonyl (C=O) groups is 2. The molecule has 0 unspecified atom stereocenters.